The average Bonchev–Trinajstić information content (AvgIpc) is 2.02. The maximum atomic E-state index is 12.5. The summed E-state index contributed by atoms with van der Waals surface area (Å²) in [5, 5.41) is 0.419. The molecule has 78 valence electrons. The molecular formula is C9H11FO2S2. The normalized spacial score (nSPS) is 12.0. The Labute approximate surface area is 87.7 Å². The molecule has 1 aromatic rings. The van der Waals surface area contributed by atoms with Gasteiger partial charge < -0.3 is 0 Å². The van der Waals surface area contributed by atoms with E-state index in [0.717, 1.165) is 4.90 Å². The summed E-state index contributed by atoms with van der Waals surface area (Å²) in [6.45, 7) is 4.06. The van der Waals surface area contributed by atoms with E-state index in [4.69, 9.17) is 0 Å². The van der Waals surface area contributed by atoms with Crippen LogP contribution in [0.15, 0.2) is 34.1 Å². The Morgan fingerprint density at radius 1 is 1.21 bits per heavy atom. The van der Waals surface area contributed by atoms with Crippen molar-refractivity contribution < 1.29 is 12.3 Å². The van der Waals surface area contributed by atoms with Crippen molar-refractivity contribution in [3.63, 3.8) is 0 Å². The number of rotatable bonds is 3. The van der Waals surface area contributed by atoms with Gasteiger partial charge in [-0.25, -0.2) is 0 Å². The fourth-order valence-corrected chi connectivity index (χ4v) is 2.25. The highest BCUT2D eigenvalue weighted by Gasteiger charge is 2.10. The second-order valence-electron chi connectivity index (χ2n) is 3.08. The Kier molecular flexibility index (Phi) is 3.55. The molecule has 0 bridgehead atoms. The minimum absolute atomic E-state index is 0.286. The molecular weight excluding hydrogens is 223 g/mol. The van der Waals surface area contributed by atoms with Gasteiger partial charge in [0.1, 0.15) is 0 Å². The number of benzene rings is 1. The topological polar surface area (TPSA) is 34.1 Å². The van der Waals surface area contributed by atoms with Gasteiger partial charge in [0.25, 0.3) is 0 Å². The second-order valence-corrected chi connectivity index (χ2v) is 6.07. The zero-order valence-corrected chi connectivity index (χ0v) is 9.53. The first-order valence-electron chi connectivity index (χ1n) is 4.11. The summed E-state index contributed by atoms with van der Waals surface area (Å²) in [6, 6.07) is 5.77. The molecule has 0 aliphatic heterocycles. The molecule has 0 radical (unpaired) electrons. The minimum Gasteiger partial charge on any atom is -0.189 e. The van der Waals surface area contributed by atoms with Gasteiger partial charge in [-0.1, -0.05) is 13.8 Å². The lowest BCUT2D eigenvalue weighted by Gasteiger charge is -2.04. The fraction of sp³-hybridized carbons (Fsp3) is 0.333. The number of thioether (sulfide) groups is 1. The summed E-state index contributed by atoms with van der Waals surface area (Å²) in [4.78, 5) is 0.651. The van der Waals surface area contributed by atoms with Crippen LogP contribution in [0.2, 0.25) is 0 Å². The van der Waals surface area contributed by atoms with Crippen LogP contribution in [0.1, 0.15) is 13.8 Å². The van der Waals surface area contributed by atoms with Crippen molar-refractivity contribution in [2.75, 3.05) is 0 Å². The van der Waals surface area contributed by atoms with E-state index < -0.39 is 10.2 Å². The molecule has 2 nitrogen and oxygen atoms in total. The summed E-state index contributed by atoms with van der Waals surface area (Å²) in [5.74, 6) is 0. The van der Waals surface area contributed by atoms with E-state index in [9.17, 15) is 12.3 Å². The lowest BCUT2D eigenvalue weighted by atomic mass is 10.4. The van der Waals surface area contributed by atoms with Gasteiger partial charge in [0.15, 0.2) is 0 Å². The van der Waals surface area contributed by atoms with Crippen molar-refractivity contribution >= 4 is 22.0 Å². The molecule has 1 aromatic carbocycles. The zero-order chi connectivity index (χ0) is 10.8. The molecule has 5 heteroatoms. The van der Waals surface area contributed by atoms with E-state index >= 15 is 0 Å². The van der Waals surface area contributed by atoms with Gasteiger partial charge in [-0.2, -0.15) is 8.42 Å². The zero-order valence-electron chi connectivity index (χ0n) is 7.90. The van der Waals surface area contributed by atoms with Crippen LogP contribution >= 0.6 is 11.8 Å². The van der Waals surface area contributed by atoms with Gasteiger partial charge in [-0.05, 0) is 24.3 Å². The van der Waals surface area contributed by atoms with Crippen molar-refractivity contribution in [3.8, 4) is 0 Å². The average molecular weight is 234 g/mol. The van der Waals surface area contributed by atoms with Crippen molar-refractivity contribution in [1.29, 1.82) is 0 Å². The third-order valence-corrected chi connectivity index (χ3v) is 3.33. The highest BCUT2D eigenvalue weighted by atomic mass is 32.3. The van der Waals surface area contributed by atoms with Crippen molar-refractivity contribution in [2.24, 2.45) is 0 Å². The predicted molar refractivity (Wildman–Crippen MR) is 55.7 cm³/mol. The molecule has 0 atom stereocenters. The molecule has 1 rings (SSSR count). The molecule has 14 heavy (non-hydrogen) atoms. The van der Waals surface area contributed by atoms with Crippen LogP contribution < -0.4 is 0 Å². The van der Waals surface area contributed by atoms with Crippen LogP contribution in [0, 0.1) is 0 Å². The first kappa shape index (κ1) is 11.5. The van der Waals surface area contributed by atoms with E-state index in [1.165, 1.54) is 12.1 Å². The summed E-state index contributed by atoms with van der Waals surface area (Å²) >= 11 is 1.60. The second kappa shape index (κ2) is 4.31. The molecule has 0 N–H and O–H groups in total. The van der Waals surface area contributed by atoms with Gasteiger partial charge >= 0.3 is 10.2 Å². The molecule has 0 aromatic heterocycles. The van der Waals surface area contributed by atoms with Crippen molar-refractivity contribution in [1.82, 2.24) is 0 Å². The molecule has 0 amide bonds. The molecule has 0 aliphatic rings. The van der Waals surface area contributed by atoms with Gasteiger partial charge in [0.2, 0.25) is 0 Å². The Hall–Kier alpha value is -0.550. The van der Waals surface area contributed by atoms with E-state index in [1.54, 1.807) is 23.9 Å². The minimum atomic E-state index is -4.56. The van der Waals surface area contributed by atoms with E-state index in [1.807, 2.05) is 13.8 Å². The van der Waals surface area contributed by atoms with Crippen LogP contribution in [0.3, 0.4) is 0 Å². The molecule has 0 saturated carbocycles. The first-order valence-corrected chi connectivity index (χ1v) is 6.37. The molecule has 0 fully saturated rings. The number of hydrogen-bond donors (Lipinski definition) is 0. The van der Waals surface area contributed by atoms with Crippen LogP contribution in [0.4, 0.5) is 3.89 Å². The summed E-state index contributed by atoms with van der Waals surface area (Å²) < 4.78 is 33.5. The fourth-order valence-electron chi connectivity index (χ4n) is 0.953. The summed E-state index contributed by atoms with van der Waals surface area (Å²) in [6.07, 6.45) is 0. The van der Waals surface area contributed by atoms with Gasteiger partial charge in [0, 0.05) is 10.1 Å². The van der Waals surface area contributed by atoms with Crippen LogP contribution in [-0.4, -0.2) is 13.7 Å². The summed E-state index contributed by atoms with van der Waals surface area (Å²) in [7, 11) is -4.56. The van der Waals surface area contributed by atoms with Crippen molar-refractivity contribution in [2.45, 2.75) is 28.9 Å². The van der Waals surface area contributed by atoms with Crippen LogP contribution in [0.25, 0.3) is 0 Å². The SMILES string of the molecule is CC(C)Sc1ccc(S(=O)(=O)F)cc1. The quantitative estimate of drug-likeness (QED) is 0.595. The Morgan fingerprint density at radius 3 is 2.07 bits per heavy atom. The smallest absolute Gasteiger partial charge is 0.189 e. The van der Waals surface area contributed by atoms with Gasteiger partial charge in [-0.15, -0.1) is 15.6 Å². The number of halogens is 1. The Balaban J connectivity index is 2.90. The molecule has 0 aliphatic carbocycles. The third kappa shape index (κ3) is 3.31. The van der Waals surface area contributed by atoms with E-state index in [0.29, 0.717) is 5.25 Å². The maximum absolute atomic E-state index is 12.5. The maximum Gasteiger partial charge on any atom is 0.332 e. The Morgan fingerprint density at radius 2 is 1.71 bits per heavy atom. The highest BCUT2D eigenvalue weighted by Crippen LogP contribution is 2.24. The molecule has 0 spiro atoms. The highest BCUT2D eigenvalue weighted by molar-refractivity contribution is 7.99. The molecule has 0 unspecified atom stereocenters. The predicted octanol–water partition coefficient (Wildman–Crippen LogP) is 2.85. The third-order valence-electron chi connectivity index (χ3n) is 1.48. The van der Waals surface area contributed by atoms with Crippen LogP contribution in [0.5, 0.6) is 0 Å². The van der Waals surface area contributed by atoms with Crippen molar-refractivity contribution in [3.05, 3.63) is 24.3 Å². The van der Waals surface area contributed by atoms with Crippen LogP contribution in [-0.2, 0) is 10.2 Å². The van der Waals surface area contributed by atoms with E-state index in [-0.39, 0.29) is 4.90 Å². The van der Waals surface area contributed by atoms with Gasteiger partial charge in [-0.3, -0.25) is 0 Å². The molecule has 0 saturated heterocycles. The number of hydrogen-bond acceptors (Lipinski definition) is 3. The lowest BCUT2D eigenvalue weighted by molar-refractivity contribution is 0.552. The molecule has 0 heterocycles. The first-order chi connectivity index (χ1) is 6.39. The summed E-state index contributed by atoms with van der Waals surface area (Å²) in [5.41, 5.74) is 0. The largest absolute Gasteiger partial charge is 0.332 e. The van der Waals surface area contributed by atoms with E-state index in [2.05, 4.69) is 0 Å². The van der Waals surface area contributed by atoms with Gasteiger partial charge in [0.05, 0.1) is 4.90 Å². The Bertz CT molecular complexity index is 395. The lowest BCUT2D eigenvalue weighted by Crippen LogP contribution is -1.91. The monoisotopic (exact) mass is 234 g/mol. The standard InChI is InChI=1S/C9H11FO2S2/c1-7(2)13-8-3-5-9(6-4-8)14(10,11)12/h3-7H,1-2H3.